The molecule has 15 heavy (non-hydrogen) atoms. The monoisotopic (exact) mass is 261 g/mol. The summed E-state index contributed by atoms with van der Waals surface area (Å²) in [5.74, 6) is 0. The first-order valence-corrected chi connectivity index (χ1v) is 6.66. The van der Waals surface area contributed by atoms with Crippen LogP contribution >= 0.6 is 22.3 Å². The molecular weight excluding hydrogens is 257 g/mol. The smallest absolute Gasteiger partial charge is 0.263 e. The summed E-state index contributed by atoms with van der Waals surface area (Å²) >= 11 is 5.80. The molecule has 1 aromatic carbocycles. The van der Waals surface area contributed by atoms with E-state index >= 15 is 0 Å². The molecule has 0 aliphatic rings. The standard InChI is InChI=1S/C9H5Cl2NO2S/c10-8-2-1-6-5-12-4-3-7(6)9(8)15(11,13)14/h1-5H. The summed E-state index contributed by atoms with van der Waals surface area (Å²) in [7, 11) is 1.46. The van der Waals surface area contributed by atoms with Gasteiger partial charge in [0.2, 0.25) is 0 Å². The highest BCUT2D eigenvalue weighted by molar-refractivity contribution is 8.14. The van der Waals surface area contributed by atoms with Crippen molar-refractivity contribution < 1.29 is 8.42 Å². The summed E-state index contributed by atoms with van der Waals surface area (Å²) in [6, 6.07) is 4.74. The van der Waals surface area contributed by atoms with Crippen LogP contribution in [-0.4, -0.2) is 13.4 Å². The van der Waals surface area contributed by atoms with Crippen LogP contribution in [0.4, 0.5) is 0 Å². The molecule has 0 saturated carbocycles. The second-order valence-electron chi connectivity index (χ2n) is 2.91. The minimum atomic E-state index is -3.85. The van der Waals surface area contributed by atoms with Gasteiger partial charge in [0, 0.05) is 33.8 Å². The Morgan fingerprint density at radius 2 is 1.93 bits per heavy atom. The van der Waals surface area contributed by atoms with Crippen molar-refractivity contribution >= 4 is 42.1 Å². The molecule has 1 heterocycles. The summed E-state index contributed by atoms with van der Waals surface area (Å²) in [5, 5.41) is 1.28. The van der Waals surface area contributed by atoms with Crippen molar-refractivity contribution in [2.24, 2.45) is 0 Å². The number of hydrogen-bond donors (Lipinski definition) is 0. The third-order valence-corrected chi connectivity index (χ3v) is 3.78. The van der Waals surface area contributed by atoms with Crippen LogP contribution in [0.2, 0.25) is 5.02 Å². The first-order chi connectivity index (χ1) is 7.00. The summed E-state index contributed by atoms with van der Waals surface area (Å²) in [6.07, 6.45) is 3.04. The molecule has 0 amide bonds. The lowest BCUT2D eigenvalue weighted by atomic mass is 10.2. The van der Waals surface area contributed by atoms with Crippen LogP contribution < -0.4 is 0 Å². The molecule has 3 nitrogen and oxygen atoms in total. The van der Waals surface area contributed by atoms with Crippen LogP contribution in [0.5, 0.6) is 0 Å². The maximum Gasteiger partial charge on any atom is 0.263 e. The quantitative estimate of drug-likeness (QED) is 0.742. The van der Waals surface area contributed by atoms with E-state index in [1.54, 1.807) is 18.3 Å². The molecule has 0 aliphatic heterocycles. The van der Waals surface area contributed by atoms with Crippen molar-refractivity contribution in [1.82, 2.24) is 4.98 Å². The van der Waals surface area contributed by atoms with Crippen molar-refractivity contribution in [3.8, 4) is 0 Å². The predicted octanol–water partition coefficient (Wildman–Crippen LogP) is 2.82. The second-order valence-corrected chi connectivity index (χ2v) is 5.82. The fourth-order valence-electron chi connectivity index (χ4n) is 1.36. The summed E-state index contributed by atoms with van der Waals surface area (Å²) in [4.78, 5) is 3.82. The van der Waals surface area contributed by atoms with Gasteiger partial charge in [-0.1, -0.05) is 17.7 Å². The molecule has 78 valence electrons. The van der Waals surface area contributed by atoms with Gasteiger partial charge in [0.25, 0.3) is 9.05 Å². The molecule has 0 N–H and O–H groups in total. The van der Waals surface area contributed by atoms with Crippen molar-refractivity contribution in [2.45, 2.75) is 4.90 Å². The van der Waals surface area contributed by atoms with E-state index in [4.69, 9.17) is 22.3 Å². The van der Waals surface area contributed by atoms with Crippen LogP contribution in [-0.2, 0) is 9.05 Å². The zero-order valence-electron chi connectivity index (χ0n) is 7.31. The van der Waals surface area contributed by atoms with E-state index in [-0.39, 0.29) is 9.92 Å². The third-order valence-electron chi connectivity index (χ3n) is 1.97. The molecule has 0 fully saturated rings. The number of halogens is 2. The van der Waals surface area contributed by atoms with Crippen LogP contribution in [0.15, 0.2) is 35.5 Å². The number of nitrogens with zero attached hydrogens (tertiary/aromatic N) is 1. The number of hydrogen-bond acceptors (Lipinski definition) is 3. The van der Waals surface area contributed by atoms with Gasteiger partial charge in [-0.15, -0.1) is 0 Å². The van der Waals surface area contributed by atoms with E-state index in [2.05, 4.69) is 4.98 Å². The van der Waals surface area contributed by atoms with Crippen LogP contribution in [0.1, 0.15) is 0 Å². The molecule has 0 aliphatic carbocycles. The molecular formula is C9H5Cl2NO2S. The highest BCUT2D eigenvalue weighted by Crippen LogP contribution is 2.31. The van der Waals surface area contributed by atoms with E-state index in [1.165, 1.54) is 12.3 Å². The van der Waals surface area contributed by atoms with Crippen LogP contribution in [0.3, 0.4) is 0 Å². The fraction of sp³-hybridized carbons (Fsp3) is 0. The summed E-state index contributed by atoms with van der Waals surface area (Å²) < 4.78 is 22.7. The van der Waals surface area contributed by atoms with Crippen molar-refractivity contribution in [3.05, 3.63) is 35.6 Å². The highest BCUT2D eigenvalue weighted by Gasteiger charge is 2.18. The number of fused-ring (bicyclic) bond motifs is 1. The maximum atomic E-state index is 11.3. The van der Waals surface area contributed by atoms with Crippen LogP contribution in [0, 0.1) is 0 Å². The van der Waals surface area contributed by atoms with Gasteiger partial charge in [-0.05, 0) is 12.1 Å². The Morgan fingerprint density at radius 1 is 1.20 bits per heavy atom. The molecule has 0 radical (unpaired) electrons. The lowest BCUT2D eigenvalue weighted by Gasteiger charge is -2.04. The molecule has 0 atom stereocenters. The zero-order valence-corrected chi connectivity index (χ0v) is 9.64. The molecule has 0 spiro atoms. The zero-order chi connectivity index (χ0) is 11.1. The first-order valence-electron chi connectivity index (χ1n) is 3.97. The average Bonchev–Trinajstić information content (AvgIpc) is 2.15. The Kier molecular flexibility index (Phi) is 2.58. The minimum Gasteiger partial charge on any atom is -0.264 e. The van der Waals surface area contributed by atoms with Gasteiger partial charge >= 0.3 is 0 Å². The lowest BCUT2D eigenvalue weighted by molar-refractivity contribution is 0.610. The van der Waals surface area contributed by atoms with Gasteiger partial charge < -0.3 is 0 Å². The Hall–Kier alpha value is -0.840. The fourth-order valence-corrected chi connectivity index (χ4v) is 3.20. The number of rotatable bonds is 1. The van der Waals surface area contributed by atoms with Crippen molar-refractivity contribution in [3.63, 3.8) is 0 Å². The summed E-state index contributed by atoms with van der Waals surface area (Å²) in [6.45, 7) is 0. The molecule has 0 unspecified atom stereocenters. The SMILES string of the molecule is O=S(=O)(Cl)c1c(Cl)ccc2cnccc12. The average molecular weight is 262 g/mol. The maximum absolute atomic E-state index is 11.3. The van der Waals surface area contributed by atoms with Gasteiger partial charge in [0.05, 0.1) is 5.02 Å². The van der Waals surface area contributed by atoms with E-state index in [0.29, 0.717) is 10.8 Å². The Labute approximate surface area is 96.1 Å². The third kappa shape index (κ3) is 1.93. The Balaban J connectivity index is 2.99. The molecule has 2 aromatic rings. The van der Waals surface area contributed by atoms with E-state index < -0.39 is 9.05 Å². The van der Waals surface area contributed by atoms with Crippen LogP contribution in [0.25, 0.3) is 10.8 Å². The molecule has 6 heteroatoms. The Bertz CT molecular complexity index is 625. The highest BCUT2D eigenvalue weighted by atomic mass is 35.7. The summed E-state index contributed by atoms with van der Waals surface area (Å²) in [5.41, 5.74) is 0. The second kappa shape index (κ2) is 3.63. The minimum absolute atomic E-state index is 0.0641. The predicted molar refractivity (Wildman–Crippen MR) is 59.8 cm³/mol. The van der Waals surface area contributed by atoms with Crippen molar-refractivity contribution in [2.75, 3.05) is 0 Å². The number of pyridine rings is 1. The largest absolute Gasteiger partial charge is 0.264 e. The topological polar surface area (TPSA) is 47.0 Å². The van der Waals surface area contributed by atoms with Gasteiger partial charge in [-0.3, -0.25) is 4.98 Å². The Morgan fingerprint density at radius 3 is 2.60 bits per heavy atom. The lowest BCUT2D eigenvalue weighted by Crippen LogP contribution is -1.94. The molecule has 2 rings (SSSR count). The van der Waals surface area contributed by atoms with E-state index in [9.17, 15) is 8.42 Å². The number of benzene rings is 1. The molecule has 0 saturated heterocycles. The molecule has 1 aromatic heterocycles. The van der Waals surface area contributed by atoms with Gasteiger partial charge in [-0.25, -0.2) is 8.42 Å². The van der Waals surface area contributed by atoms with Gasteiger partial charge in [0.15, 0.2) is 0 Å². The normalized spacial score (nSPS) is 11.9. The number of aromatic nitrogens is 1. The van der Waals surface area contributed by atoms with Gasteiger partial charge in [0.1, 0.15) is 4.90 Å². The van der Waals surface area contributed by atoms with Gasteiger partial charge in [-0.2, -0.15) is 0 Å². The first kappa shape index (κ1) is 10.7. The van der Waals surface area contributed by atoms with Crippen molar-refractivity contribution in [1.29, 1.82) is 0 Å². The molecule has 0 bridgehead atoms. The van der Waals surface area contributed by atoms with E-state index in [0.717, 1.165) is 0 Å². The van der Waals surface area contributed by atoms with E-state index in [1.807, 2.05) is 0 Å².